The monoisotopic (exact) mass is 658 g/mol. The van der Waals surface area contributed by atoms with Gasteiger partial charge in [-0.3, -0.25) is 9.48 Å². The van der Waals surface area contributed by atoms with Gasteiger partial charge in [0.25, 0.3) is 6.43 Å². The number of rotatable bonds is 8. The van der Waals surface area contributed by atoms with E-state index in [1.165, 1.54) is 6.07 Å². The molecule has 0 unspecified atom stereocenters. The van der Waals surface area contributed by atoms with E-state index < -0.39 is 39.7 Å². The molecule has 0 atom stereocenters. The topological polar surface area (TPSA) is 137 Å². The number of alkyl halides is 5. The molecule has 0 radical (unpaired) electrons. The molecular weight excluding hydrogens is 631 g/mol. The Labute approximate surface area is 252 Å². The number of sulfonamides is 1. The van der Waals surface area contributed by atoms with E-state index in [0.29, 0.717) is 54.8 Å². The molecule has 3 aromatic rings. The number of amides is 1. The second-order valence-corrected chi connectivity index (χ2v) is 14.0. The van der Waals surface area contributed by atoms with Gasteiger partial charge in [-0.1, -0.05) is 11.3 Å². The normalized spacial score (nSPS) is 19.2. The predicted octanol–water partition coefficient (Wildman–Crippen LogP) is 4.23. The van der Waals surface area contributed by atoms with E-state index in [0.717, 1.165) is 18.9 Å². The minimum absolute atomic E-state index is 0.0366. The highest BCUT2D eigenvalue weighted by Gasteiger charge is 2.47. The molecule has 6 rings (SSSR count). The highest BCUT2D eigenvalue weighted by Crippen LogP contribution is 2.42. The van der Waals surface area contributed by atoms with Crippen LogP contribution in [0.2, 0.25) is 0 Å². The van der Waals surface area contributed by atoms with E-state index in [1.54, 1.807) is 4.90 Å². The van der Waals surface area contributed by atoms with Crippen molar-refractivity contribution in [2.45, 2.75) is 68.1 Å². The molecule has 0 bridgehead atoms. The van der Waals surface area contributed by atoms with Gasteiger partial charge in [-0.05, 0) is 50.7 Å². The number of hydrogen-bond donors (Lipinski definition) is 1. The van der Waals surface area contributed by atoms with E-state index in [-0.39, 0.29) is 57.1 Å². The summed E-state index contributed by atoms with van der Waals surface area (Å²) >= 11 is 0.441. The van der Waals surface area contributed by atoms with Crippen molar-refractivity contribution in [3.8, 4) is 16.8 Å². The Hall–Kier alpha value is -3.43. The van der Waals surface area contributed by atoms with Crippen LogP contribution in [0.1, 0.15) is 50.0 Å². The quantitative estimate of drug-likeness (QED) is 0.355. The van der Waals surface area contributed by atoms with Crippen LogP contribution in [-0.2, 0) is 21.4 Å². The van der Waals surface area contributed by atoms with Gasteiger partial charge in [0, 0.05) is 37.5 Å². The summed E-state index contributed by atoms with van der Waals surface area (Å²) in [7, 11) is -4.36. The van der Waals surface area contributed by atoms with Crippen LogP contribution in [0.3, 0.4) is 0 Å². The van der Waals surface area contributed by atoms with Gasteiger partial charge in [-0.25, -0.2) is 17.2 Å². The number of aromatic nitrogens is 4. The van der Waals surface area contributed by atoms with E-state index in [9.17, 15) is 40.4 Å². The first kappa shape index (κ1) is 30.6. The molecule has 2 aromatic heterocycles. The van der Waals surface area contributed by atoms with Gasteiger partial charge >= 0.3 is 6.18 Å². The first-order valence-corrected chi connectivity index (χ1v) is 16.3. The third-order valence-corrected chi connectivity index (χ3v) is 10.6. The Morgan fingerprint density at radius 1 is 1.14 bits per heavy atom. The second kappa shape index (κ2) is 11.2. The van der Waals surface area contributed by atoms with Crippen molar-refractivity contribution < 1.29 is 35.2 Å². The average Bonchev–Trinajstić information content (AvgIpc) is 3.37. The number of halogens is 5. The minimum Gasteiger partial charge on any atom is -0.370 e. The molecule has 1 amide bonds. The van der Waals surface area contributed by atoms with Crippen molar-refractivity contribution in [2.24, 2.45) is 5.92 Å². The molecule has 2 saturated heterocycles. The zero-order chi connectivity index (χ0) is 31.4. The fourth-order valence-corrected chi connectivity index (χ4v) is 7.89. The maximum atomic E-state index is 13.8. The Balaban J connectivity index is 1.47. The van der Waals surface area contributed by atoms with Gasteiger partial charge in [0.05, 0.1) is 22.2 Å². The van der Waals surface area contributed by atoms with Crippen molar-refractivity contribution in [1.29, 1.82) is 5.26 Å². The number of anilines is 1. The summed E-state index contributed by atoms with van der Waals surface area (Å²) in [5.41, 5.74) is -1.45. The number of carbonyl (C=O) groups excluding carboxylic acids is 1. The molecule has 0 spiro atoms. The number of nitriles is 1. The second-order valence-electron chi connectivity index (χ2n) is 11.3. The Morgan fingerprint density at radius 3 is 2.39 bits per heavy atom. The van der Waals surface area contributed by atoms with Crippen molar-refractivity contribution in [3.63, 3.8) is 0 Å². The van der Waals surface area contributed by atoms with Crippen LogP contribution < -0.4 is 9.62 Å². The number of piperidine rings is 1. The van der Waals surface area contributed by atoms with Crippen molar-refractivity contribution >= 4 is 43.9 Å². The average molecular weight is 659 g/mol. The Morgan fingerprint density at radius 2 is 1.82 bits per heavy atom. The van der Waals surface area contributed by atoms with E-state index in [1.807, 2.05) is 11.0 Å². The number of likely N-dealkylation sites (tertiary alicyclic amines) is 1. The fourth-order valence-electron chi connectivity index (χ4n) is 5.77. The van der Waals surface area contributed by atoms with Gasteiger partial charge in [-0.2, -0.15) is 28.3 Å². The summed E-state index contributed by atoms with van der Waals surface area (Å²) in [6, 6.07) is 4.31. The SMILES string of the molecule is N#CC1(NS(=O)(=O)c2cc(N3CCC(C(=O)N4CCCC4)CC3)c3c(c2)c(-c2nnc(C(F)F)s2)nn3CC(F)(F)F)CC1. The smallest absolute Gasteiger partial charge is 0.370 e. The number of fused-ring (bicyclic) bond motifs is 1. The van der Waals surface area contributed by atoms with Crippen LogP contribution in [0.4, 0.5) is 27.6 Å². The molecule has 1 aromatic carbocycles. The molecule has 1 aliphatic carbocycles. The fraction of sp³-hybridized carbons (Fsp3) is 0.577. The molecule has 11 nitrogen and oxygen atoms in total. The highest BCUT2D eigenvalue weighted by molar-refractivity contribution is 7.89. The number of carbonyl (C=O) groups is 1. The minimum atomic E-state index is -4.73. The van der Waals surface area contributed by atoms with Crippen LogP contribution >= 0.6 is 11.3 Å². The number of benzene rings is 1. The molecule has 44 heavy (non-hydrogen) atoms. The van der Waals surface area contributed by atoms with Crippen LogP contribution in [0.15, 0.2) is 17.0 Å². The van der Waals surface area contributed by atoms with Crippen molar-refractivity contribution in [3.05, 3.63) is 17.1 Å². The summed E-state index contributed by atoms with van der Waals surface area (Å²) in [5, 5.41) is 19.8. The predicted molar refractivity (Wildman–Crippen MR) is 148 cm³/mol. The summed E-state index contributed by atoms with van der Waals surface area (Å²) in [5.74, 6) is -0.238. The molecule has 1 saturated carbocycles. The first-order chi connectivity index (χ1) is 20.8. The van der Waals surface area contributed by atoms with Crippen LogP contribution in [-0.4, -0.2) is 77.1 Å². The zero-order valence-corrected chi connectivity index (χ0v) is 24.8. The van der Waals surface area contributed by atoms with Crippen molar-refractivity contribution in [2.75, 3.05) is 31.1 Å². The van der Waals surface area contributed by atoms with Gasteiger partial charge < -0.3 is 9.80 Å². The van der Waals surface area contributed by atoms with E-state index >= 15 is 0 Å². The van der Waals surface area contributed by atoms with Crippen LogP contribution in [0, 0.1) is 17.2 Å². The van der Waals surface area contributed by atoms with Gasteiger partial charge in [-0.15, -0.1) is 10.2 Å². The van der Waals surface area contributed by atoms with Gasteiger partial charge in [0.15, 0.2) is 10.0 Å². The number of nitrogens with one attached hydrogen (secondary N) is 1. The Bertz CT molecular complexity index is 1730. The highest BCUT2D eigenvalue weighted by atomic mass is 32.2. The maximum Gasteiger partial charge on any atom is 0.408 e. The molecule has 4 heterocycles. The summed E-state index contributed by atoms with van der Waals surface area (Å²) in [6.07, 6.45) is -4.44. The van der Waals surface area contributed by atoms with Gasteiger partial charge in [0.1, 0.15) is 17.8 Å². The lowest BCUT2D eigenvalue weighted by Gasteiger charge is -2.35. The zero-order valence-electron chi connectivity index (χ0n) is 23.1. The largest absolute Gasteiger partial charge is 0.408 e. The first-order valence-electron chi connectivity index (χ1n) is 14.0. The standard InChI is InChI=1S/C26H27F5N8O3S2/c27-21(28)23-34-33-22(43-23)19-17-11-16(44(41,42)36-25(13-32)5-6-25)12-18(20(17)39(35-19)14-26(29,30)31)37-9-3-15(4-10-37)24(40)38-7-1-2-8-38/h11-12,15,21,36H,1-10,14H2. The summed E-state index contributed by atoms with van der Waals surface area (Å²) in [6.45, 7) is 0.339. The van der Waals surface area contributed by atoms with Crippen molar-refractivity contribution in [1.82, 2.24) is 29.6 Å². The molecule has 1 N–H and O–H groups in total. The number of hydrogen-bond acceptors (Lipinski definition) is 9. The lowest BCUT2D eigenvalue weighted by molar-refractivity contribution is -0.141. The lowest BCUT2D eigenvalue weighted by Crippen LogP contribution is -2.42. The number of nitrogens with zero attached hydrogens (tertiary/aromatic N) is 7. The third kappa shape index (κ3) is 5.96. The maximum absolute atomic E-state index is 13.8. The van der Waals surface area contributed by atoms with E-state index in [4.69, 9.17) is 0 Å². The molecule has 3 fully saturated rings. The molecule has 3 aliphatic rings. The Kier molecular flexibility index (Phi) is 7.77. The summed E-state index contributed by atoms with van der Waals surface area (Å²) in [4.78, 5) is 16.2. The molecule has 236 valence electrons. The van der Waals surface area contributed by atoms with E-state index in [2.05, 4.69) is 20.0 Å². The lowest BCUT2D eigenvalue weighted by atomic mass is 9.94. The van der Waals surface area contributed by atoms with Crippen LogP contribution in [0.25, 0.3) is 21.6 Å². The molecular formula is C26H27F5N8O3S2. The van der Waals surface area contributed by atoms with Gasteiger partial charge in [0.2, 0.25) is 15.9 Å². The summed E-state index contributed by atoms with van der Waals surface area (Å²) < 4.78 is 98.1. The third-order valence-electron chi connectivity index (χ3n) is 8.16. The molecule has 18 heteroatoms. The molecule has 2 aliphatic heterocycles. The van der Waals surface area contributed by atoms with Crippen LogP contribution in [0.5, 0.6) is 0 Å².